The number of benzene rings is 1. The highest BCUT2D eigenvalue weighted by molar-refractivity contribution is 5.85. The second kappa shape index (κ2) is 14.8. The van der Waals surface area contributed by atoms with E-state index in [2.05, 4.69) is 37.4 Å². The first-order valence-electron chi connectivity index (χ1n) is 13.2. The van der Waals surface area contributed by atoms with Gasteiger partial charge in [-0.15, -0.1) is 12.4 Å². The van der Waals surface area contributed by atoms with Crippen LogP contribution in [0.15, 0.2) is 36.5 Å². The van der Waals surface area contributed by atoms with Gasteiger partial charge < -0.3 is 21.7 Å². The van der Waals surface area contributed by atoms with E-state index in [0.29, 0.717) is 30.4 Å². The monoisotopic (exact) mass is 561 g/mol. The number of halogens is 3. The zero-order valence-corrected chi connectivity index (χ0v) is 23.1. The Kier molecular flexibility index (Phi) is 11.5. The molecule has 9 nitrogen and oxygen atoms in total. The van der Waals surface area contributed by atoms with Crippen LogP contribution in [0.3, 0.4) is 0 Å². The van der Waals surface area contributed by atoms with Crippen molar-refractivity contribution in [2.75, 3.05) is 61.8 Å². The molecule has 0 bridgehead atoms. The molecule has 0 atom stereocenters. The first-order valence-corrected chi connectivity index (χ1v) is 13.2. The molecule has 1 saturated heterocycles. The third kappa shape index (κ3) is 8.61. The minimum absolute atomic E-state index is 0. The number of anilines is 3. The predicted octanol–water partition coefficient (Wildman–Crippen LogP) is 4.02. The highest BCUT2D eigenvalue weighted by atomic mass is 35.5. The van der Waals surface area contributed by atoms with Gasteiger partial charge in [0.05, 0.1) is 11.9 Å². The molecule has 1 fully saturated rings. The average Bonchev–Trinajstić information content (AvgIpc) is 3.26. The summed E-state index contributed by atoms with van der Waals surface area (Å²) >= 11 is 0. The molecular formula is C27H38ClF2N9. The van der Waals surface area contributed by atoms with Gasteiger partial charge in [0, 0.05) is 62.7 Å². The summed E-state index contributed by atoms with van der Waals surface area (Å²) in [5.41, 5.74) is 14.0. The summed E-state index contributed by atoms with van der Waals surface area (Å²) in [4.78, 5) is 13.0. The van der Waals surface area contributed by atoms with Crippen molar-refractivity contribution in [3.05, 3.63) is 59.4 Å². The molecular weight excluding hydrogens is 524 g/mol. The summed E-state index contributed by atoms with van der Waals surface area (Å²) in [6, 6.07) is 5.52. The number of nitrogens with one attached hydrogen (secondary N) is 1. The molecule has 0 unspecified atom stereocenters. The maximum absolute atomic E-state index is 13.6. The molecule has 0 radical (unpaired) electrons. The van der Waals surface area contributed by atoms with Crippen molar-refractivity contribution in [1.29, 1.82) is 0 Å². The molecule has 5 N–H and O–H groups in total. The minimum atomic E-state index is -0.549. The molecule has 4 rings (SSSR count). The van der Waals surface area contributed by atoms with Crippen LogP contribution in [-0.2, 0) is 0 Å². The number of aromatic nitrogens is 4. The molecule has 3 heterocycles. The van der Waals surface area contributed by atoms with E-state index < -0.39 is 11.6 Å². The fourth-order valence-electron chi connectivity index (χ4n) is 4.55. The topological polar surface area (TPSA) is 114 Å². The minimum Gasteiger partial charge on any atom is -0.370 e. The summed E-state index contributed by atoms with van der Waals surface area (Å²) < 4.78 is 28.9. The van der Waals surface area contributed by atoms with Gasteiger partial charge in [-0.2, -0.15) is 15.1 Å². The Bertz CT molecular complexity index is 1210. The van der Waals surface area contributed by atoms with E-state index in [-0.39, 0.29) is 18.4 Å². The first kappa shape index (κ1) is 30.3. The van der Waals surface area contributed by atoms with E-state index in [1.165, 1.54) is 12.1 Å². The largest absolute Gasteiger partial charge is 0.370 e. The summed E-state index contributed by atoms with van der Waals surface area (Å²) in [6.07, 6.45) is 10.3. The Morgan fingerprint density at radius 2 is 1.69 bits per heavy atom. The summed E-state index contributed by atoms with van der Waals surface area (Å²) in [7, 11) is 0. The van der Waals surface area contributed by atoms with Crippen molar-refractivity contribution in [2.45, 2.75) is 32.6 Å². The molecule has 0 saturated carbocycles. The van der Waals surface area contributed by atoms with Crippen LogP contribution in [-0.4, -0.2) is 70.5 Å². The Morgan fingerprint density at radius 3 is 2.41 bits per heavy atom. The molecule has 2 aromatic heterocycles. The zero-order chi connectivity index (χ0) is 26.9. The normalized spacial score (nSPS) is 14.1. The van der Waals surface area contributed by atoms with Crippen molar-refractivity contribution in [2.24, 2.45) is 5.73 Å². The van der Waals surface area contributed by atoms with Crippen LogP contribution in [0, 0.1) is 18.6 Å². The highest BCUT2D eigenvalue weighted by Crippen LogP contribution is 2.20. The van der Waals surface area contributed by atoms with Gasteiger partial charge in [-0.1, -0.05) is 25.0 Å². The predicted molar refractivity (Wildman–Crippen MR) is 156 cm³/mol. The number of hydrogen-bond donors (Lipinski definition) is 3. The molecule has 1 aromatic carbocycles. The van der Waals surface area contributed by atoms with Crippen molar-refractivity contribution < 1.29 is 8.78 Å². The standard InChI is InChI=1S/C27H37F2N9.ClH/c1-20-21(7-6-10-36-11-13-37(14-12-36)24-16-22(28)15-23(29)17-24)19-33-38(20)26-18-25(34-27(31)35-26)32-9-5-3-2-4-8-30;/h6-7,15-19H,2-5,8-14,30H2,1H3,(H3,31,32,34,35);1H/b7-6+;. The van der Waals surface area contributed by atoms with Gasteiger partial charge in [0.2, 0.25) is 5.95 Å². The van der Waals surface area contributed by atoms with Crippen LogP contribution in [0.1, 0.15) is 36.9 Å². The van der Waals surface area contributed by atoms with E-state index in [1.807, 2.05) is 24.1 Å². The smallest absolute Gasteiger partial charge is 0.224 e. The lowest BCUT2D eigenvalue weighted by molar-refractivity contribution is 0.284. The second-order valence-corrected chi connectivity index (χ2v) is 9.51. The molecule has 212 valence electrons. The number of nitrogens with two attached hydrogens (primary N) is 2. The molecule has 0 amide bonds. The first-order chi connectivity index (χ1) is 18.4. The summed E-state index contributed by atoms with van der Waals surface area (Å²) in [6.45, 7) is 7.35. The SMILES string of the molecule is Cc1c(/C=C/CN2CCN(c3cc(F)cc(F)c3)CC2)cnn1-c1cc(NCCCCCCN)nc(N)n1.Cl. The lowest BCUT2D eigenvalue weighted by atomic mass is 10.2. The van der Waals surface area contributed by atoms with Gasteiger partial charge >= 0.3 is 0 Å². The number of nitrogen functional groups attached to an aromatic ring is 1. The number of rotatable bonds is 12. The van der Waals surface area contributed by atoms with E-state index in [9.17, 15) is 8.78 Å². The Balaban J connectivity index is 0.00000420. The molecule has 1 aliphatic rings. The fourth-order valence-corrected chi connectivity index (χ4v) is 4.55. The molecule has 3 aromatic rings. The maximum Gasteiger partial charge on any atom is 0.224 e. The number of piperazine rings is 1. The van der Waals surface area contributed by atoms with E-state index in [1.54, 1.807) is 4.68 Å². The van der Waals surface area contributed by atoms with Crippen molar-refractivity contribution in [1.82, 2.24) is 24.6 Å². The van der Waals surface area contributed by atoms with Crippen molar-refractivity contribution >= 4 is 35.9 Å². The molecule has 12 heteroatoms. The van der Waals surface area contributed by atoms with E-state index >= 15 is 0 Å². The van der Waals surface area contributed by atoms with Crippen LogP contribution in [0.4, 0.5) is 26.2 Å². The van der Waals surface area contributed by atoms with Crippen LogP contribution >= 0.6 is 12.4 Å². The number of hydrogen-bond acceptors (Lipinski definition) is 8. The molecule has 39 heavy (non-hydrogen) atoms. The van der Waals surface area contributed by atoms with E-state index in [4.69, 9.17) is 11.5 Å². The molecule has 0 aliphatic carbocycles. The zero-order valence-electron chi connectivity index (χ0n) is 22.3. The number of unbranched alkanes of at least 4 members (excludes halogenated alkanes) is 3. The Labute approximate surface area is 234 Å². The average molecular weight is 562 g/mol. The third-order valence-corrected chi connectivity index (χ3v) is 6.68. The van der Waals surface area contributed by atoms with Crippen molar-refractivity contribution in [3.8, 4) is 5.82 Å². The van der Waals surface area contributed by atoms with E-state index in [0.717, 1.165) is 75.7 Å². The second-order valence-electron chi connectivity index (χ2n) is 9.51. The maximum atomic E-state index is 13.6. The summed E-state index contributed by atoms with van der Waals surface area (Å²) in [5.74, 6) is 0.392. The fraction of sp³-hybridized carbons (Fsp3) is 0.444. The number of nitrogens with zero attached hydrogens (tertiary/aromatic N) is 6. The Hall–Kier alpha value is -3.28. The van der Waals surface area contributed by atoms with Gasteiger partial charge in [-0.3, -0.25) is 4.90 Å². The highest BCUT2D eigenvalue weighted by Gasteiger charge is 2.17. The lowest BCUT2D eigenvalue weighted by Gasteiger charge is -2.35. The quantitative estimate of drug-likeness (QED) is 0.284. The van der Waals surface area contributed by atoms with Crippen LogP contribution in [0.5, 0.6) is 0 Å². The van der Waals surface area contributed by atoms with Gasteiger partial charge in [0.1, 0.15) is 17.5 Å². The van der Waals surface area contributed by atoms with Gasteiger partial charge in [-0.25, -0.2) is 13.5 Å². The van der Waals surface area contributed by atoms with Gasteiger partial charge in [0.25, 0.3) is 0 Å². The van der Waals surface area contributed by atoms with Gasteiger partial charge in [-0.05, 0) is 38.4 Å². The van der Waals surface area contributed by atoms with Crippen LogP contribution in [0.25, 0.3) is 11.9 Å². The van der Waals surface area contributed by atoms with Gasteiger partial charge in [0.15, 0.2) is 5.82 Å². The Morgan fingerprint density at radius 1 is 0.974 bits per heavy atom. The van der Waals surface area contributed by atoms with Crippen LogP contribution in [0.2, 0.25) is 0 Å². The molecule has 0 spiro atoms. The molecule has 1 aliphatic heterocycles. The summed E-state index contributed by atoms with van der Waals surface area (Å²) in [5, 5.41) is 7.84. The van der Waals surface area contributed by atoms with Crippen molar-refractivity contribution in [3.63, 3.8) is 0 Å². The third-order valence-electron chi connectivity index (χ3n) is 6.68. The lowest BCUT2D eigenvalue weighted by Crippen LogP contribution is -2.46. The van der Waals surface area contributed by atoms with Crippen LogP contribution < -0.4 is 21.7 Å².